The summed E-state index contributed by atoms with van der Waals surface area (Å²) in [4.78, 5) is 16.6. The van der Waals surface area contributed by atoms with Gasteiger partial charge in [-0.25, -0.2) is 9.37 Å². The Kier molecular flexibility index (Phi) is 4.42. The van der Waals surface area contributed by atoms with E-state index in [4.69, 9.17) is 5.73 Å². The van der Waals surface area contributed by atoms with Gasteiger partial charge in [-0.2, -0.15) is 0 Å². The third-order valence-electron chi connectivity index (χ3n) is 2.70. The highest BCUT2D eigenvalue weighted by atomic mass is 32.1. The molecule has 0 atom stereocenters. The van der Waals surface area contributed by atoms with Gasteiger partial charge in [-0.3, -0.25) is 4.79 Å². The van der Waals surface area contributed by atoms with Crippen LogP contribution in [0, 0.1) is 12.7 Å². The van der Waals surface area contributed by atoms with Crippen LogP contribution in [0.1, 0.15) is 29.1 Å². The minimum atomic E-state index is -0.398. The summed E-state index contributed by atoms with van der Waals surface area (Å²) in [5, 5.41) is 6.29. The molecule has 0 bridgehead atoms. The topological polar surface area (TPSA) is 80.0 Å². The molecule has 1 aromatic carbocycles. The fraction of sp³-hybridized carbons (Fsp3) is 0.286. The van der Waals surface area contributed by atoms with Crippen molar-refractivity contribution in [1.82, 2.24) is 4.98 Å². The Hall–Kier alpha value is -2.15. The van der Waals surface area contributed by atoms with Gasteiger partial charge in [0.2, 0.25) is 0 Å². The predicted molar refractivity (Wildman–Crippen MR) is 84.4 cm³/mol. The Morgan fingerprint density at radius 1 is 1.43 bits per heavy atom. The van der Waals surface area contributed by atoms with Crippen LogP contribution in [-0.4, -0.2) is 16.9 Å². The molecule has 2 aromatic rings. The maximum absolute atomic E-state index is 13.5. The highest BCUT2D eigenvalue weighted by Crippen LogP contribution is 2.26. The first-order valence-corrected chi connectivity index (χ1v) is 7.29. The molecule has 1 aromatic heterocycles. The van der Waals surface area contributed by atoms with E-state index < -0.39 is 5.91 Å². The van der Waals surface area contributed by atoms with Gasteiger partial charge < -0.3 is 16.4 Å². The van der Waals surface area contributed by atoms with E-state index in [1.165, 1.54) is 17.4 Å². The lowest BCUT2D eigenvalue weighted by Crippen LogP contribution is -2.12. The molecule has 2 rings (SSSR count). The van der Waals surface area contributed by atoms with E-state index in [1.807, 2.05) is 13.8 Å². The van der Waals surface area contributed by atoms with Crippen LogP contribution < -0.4 is 16.4 Å². The summed E-state index contributed by atoms with van der Waals surface area (Å²) in [6.45, 7) is 5.59. The van der Waals surface area contributed by atoms with Crippen molar-refractivity contribution in [3.05, 3.63) is 34.5 Å². The number of aryl methyl sites for hydroxylation is 1. The second kappa shape index (κ2) is 6.09. The lowest BCUT2D eigenvalue weighted by Gasteiger charge is -2.05. The molecule has 1 heterocycles. The van der Waals surface area contributed by atoms with E-state index in [9.17, 15) is 9.18 Å². The first-order chi connectivity index (χ1) is 9.86. The van der Waals surface area contributed by atoms with E-state index in [1.54, 1.807) is 19.1 Å². The highest BCUT2D eigenvalue weighted by Gasteiger charge is 2.17. The van der Waals surface area contributed by atoms with Crippen LogP contribution in [0.4, 0.5) is 21.0 Å². The molecule has 0 aliphatic heterocycles. The molecule has 5 nitrogen and oxygen atoms in total. The van der Waals surface area contributed by atoms with Crippen molar-refractivity contribution in [2.75, 3.05) is 16.4 Å². The number of nitrogens with one attached hydrogen (secondary N) is 2. The normalized spacial score (nSPS) is 10.7. The number of rotatable bonds is 4. The Labute approximate surface area is 126 Å². The van der Waals surface area contributed by atoms with E-state index in [2.05, 4.69) is 15.6 Å². The lowest BCUT2D eigenvalue weighted by molar-refractivity contribution is 0.103. The van der Waals surface area contributed by atoms with Crippen LogP contribution in [0.25, 0.3) is 0 Å². The number of anilines is 3. The van der Waals surface area contributed by atoms with Crippen LogP contribution in [0.15, 0.2) is 18.2 Å². The maximum Gasteiger partial charge on any atom is 0.269 e. The highest BCUT2D eigenvalue weighted by molar-refractivity contribution is 7.18. The predicted octanol–water partition coefficient (Wildman–Crippen LogP) is 3.25. The van der Waals surface area contributed by atoms with Crippen molar-refractivity contribution in [2.45, 2.75) is 26.8 Å². The third-order valence-corrected chi connectivity index (χ3v) is 3.70. The number of nitrogens with zero attached hydrogens (tertiary/aromatic N) is 1. The van der Waals surface area contributed by atoms with Gasteiger partial charge >= 0.3 is 0 Å². The standard InChI is InChI=1S/C14H17FN4OS/c1-7(2)17-14-19-12(16)11(21-14)13(20)18-9-5-4-8(3)10(15)6-9/h4-7H,16H2,1-3H3,(H,17,19)(H,18,20). The van der Waals surface area contributed by atoms with E-state index in [0.717, 1.165) is 0 Å². The van der Waals surface area contributed by atoms with Gasteiger partial charge in [0.25, 0.3) is 5.91 Å². The summed E-state index contributed by atoms with van der Waals surface area (Å²) in [7, 11) is 0. The minimum absolute atomic E-state index is 0.160. The largest absolute Gasteiger partial charge is 0.382 e. The van der Waals surface area contributed by atoms with Crippen LogP contribution in [0.5, 0.6) is 0 Å². The zero-order valence-electron chi connectivity index (χ0n) is 12.0. The van der Waals surface area contributed by atoms with E-state index >= 15 is 0 Å². The fourth-order valence-corrected chi connectivity index (χ4v) is 2.59. The Morgan fingerprint density at radius 3 is 2.76 bits per heavy atom. The van der Waals surface area contributed by atoms with Crippen LogP contribution in [0.2, 0.25) is 0 Å². The number of amides is 1. The van der Waals surface area contributed by atoms with Gasteiger partial charge in [-0.15, -0.1) is 0 Å². The van der Waals surface area contributed by atoms with Crippen LogP contribution in [0.3, 0.4) is 0 Å². The first-order valence-electron chi connectivity index (χ1n) is 6.47. The number of carbonyl (C=O) groups is 1. The number of thiazole rings is 1. The number of hydrogen-bond donors (Lipinski definition) is 3. The summed E-state index contributed by atoms with van der Waals surface area (Å²) in [5.74, 6) is -0.606. The summed E-state index contributed by atoms with van der Waals surface area (Å²) in [5.41, 5.74) is 6.66. The van der Waals surface area contributed by atoms with Crippen molar-refractivity contribution in [3.63, 3.8) is 0 Å². The SMILES string of the molecule is Cc1ccc(NC(=O)c2sc(NC(C)C)nc2N)cc1F. The molecule has 112 valence electrons. The van der Waals surface area contributed by atoms with Gasteiger partial charge in [0.1, 0.15) is 16.5 Å². The first kappa shape index (κ1) is 15.2. The zero-order chi connectivity index (χ0) is 15.6. The molecule has 0 aliphatic rings. The molecular weight excluding hydrogens is 291 g/mol. The summed E-state index contributed by atoms with van der Waals surface area (Å²) < 4.78 is 13.5. The molecule has 0 radical (unpaired) electrons. The molecule has 1 amide bonds. The number of aromatic nitrogens is 1. The number of nitrogen functional groups attached to an aromatic ring is 1. The van der Waals surface area contributed by atoms with Gasteiger partial charge in [0, 0.05) is 11.7 Å². The molecule has 7 heteroatoms. The van der Waals surface area contributed by atoms with Crippen LogP contribution >= 0.6 is 11.3 Å². The van der Waals surface area contributed by atoms with Crippen molar-refractivity contribution in [2.24, 2.45) is 0 Å². The van der Waals surface area contributed by atoms with Crippen molar-refractivity contribution in [3.8, 4) is 0 Å². The molecule has 0 saturated heterocycles. The van der Waals surface area contributed by atoms with Gasteiger partial charge in [0.15, 0.2) is 5.13 Å². The average molecular weight is 308 g/mol. The zero-order valence-corrected chi connectivity index (χ0v) is 12.8. The number of carbonyl (C=O) groups excluding carboxylic acids is 1. The van der Waals surface area contributed by atoms with E-state index in [-0.39, 0.29) is 17.7 Å². The second-order valence-electron chi connectivity index (χ2n) is 4.95. The number of hydrogen-bond acceptors (Lipinski definition) is 5. The molecule has 0 spiro atoms. The van der Waals surface area contributed by atoms with Crippen molar-refractivity contribution in [1.29, 1.82) is 0 Å². The maximum atomic E-state index is 13.5. The Bertz CT molecular complexity index is 669. The van der Waals surface area contributed by atoms with Gasteiger partial charge in [0.05, 0.1) is 0 Å². The molecular formula is C14H17FN4OS. The third kappa shape index (κ3) is 3.69. The number of nitrogens with two attached hydrogens (primary N) is 1. The lowest BCUT2D eigenvalue weighted by atomic mass is 10.2. The van der Waals surface area contributed by atoms with Gasteiger partial charge in [-0.1, -0.05) is 17.4 Å². The number of halogens is 1. The monoisotopic (exact) mass is 308 g/mol. The van der Waals surface area contributed by atoms with Crippen LogP contribution in [-0.2, 0) is 0 Å². The molecule has 0 aliphatic carbocycles. The summed E-state index contributed by atoms with van der Waals surface area (Å²) in [6, 6.07) is 4.71. The quantitative estimate of drug-likeness (QED) is 0.810. The Morgan fingerprint density at radius 2 is 2.14 bits per heavy atom. The number of benzene rings is 1. The molecule has 0 fully saturated rings. The molecule has 21 heavy (non-hydrogen) atoms. The summed E-state index contributed by atoms with van der Waals surface area (Å²) >= 11 is 1.17. The van der Waals surface area contributed by atoms with Gasteiger partial charge in [-0.05, 0) is 38.5 Å². The van der Waals surface area contributed by atoms with Crippen molar-refractivity contribution >= 4 is 33.9 Å². The van der Waals surface area contributed by atoms with Crippen molar-refractivity contribution < 1.29 is 9.18 Å². The molecule has 0 unspecified atom stereocenters. The molecule has 4 N–H and O–H groups in total. The second-order valence-corrected chi connectivity index (χ2v) is 5.95. The smallest absolute Gasteiger partial charge is 0.269 e. The fourth-order valence-electron chi connectivity index (χ4n) is 1.66. The Balaban J connectivity index is 2.16. The molecule has 0 saturated carbocycles. The average Bonchev–Trinajstić information content (AvgIpc) is 2.74. The summed E-state index contributed by atoms with van der Waals surface area (Å²) in [6.07, 6.45) is 0. The van der Waals surface area contributed by atoms with E-state index in [0.29, 0.717) is 21.3 Å². The minimum Gasteiger partial charge on any atom is -0.382 e.